The summed E-state index contributed by atoms with van der Waals surface area (Å²) in [7, 11) is 0. The molecule has 0 radical (unpaired) electrons. The fraction of sp³-hybridized carbons (Fsp3) is 0.286. The van der Waals surface area contributed by atoms with Crippen LogP contribution in [0.25, 0.3) is 11.0 Å². The standard InChI is InChI=1S/C14H12ClNO3/c15-9-3-4-12-10(7-9)13(16-5-1-2-6-16)11(8-17)14(18)19-12/h3-4,7-8H,1-2,5-6H2. The second-order valence-corrected chi connectivity index (χ2v) is 5.04. The Balaban J connectivity index is 2.38. The number of carbonyl (C=O) groups is 1. The van der Waals surface area contributed by atoms with Crippen LogP contribution in [0.1, 0.15) is 23.2 Å². The molecule has 0 amide bonds. The van der Waals surface area contributed by atoms with Crippen molar-refractivity contribution in [3.05, 3.63) is 39.2 Å². The van der Waals surface area contributed by atoms with Gasteiger partial charge in [0.2, 0.25) is 0 Å². The molecule has 0 N–H and O–H groups in total. The van der Waals surface area contributed by atoms with Gasteiger partial charge in [0.25, 0.3) is 0 Å². The summed E-state index contributed by atoms with van der Waals surface area (Å²) < 4.78 is 5.17. The summed E-state index contributed by atoms with van der Waals surface area (Å²) >= 11 is 6.01. The lowest BCUT2D eigenvalue weighted by atomic mass is 10.1. The van der Waals surface area contributed by atoms with Gasteiger partial charge in [0.05, 0.1) is 5.69 Å². The van der Waals surface area contributed by atoms with E-state index in [-0.39, 0.29) is 5.56 Å². The summed E-state index contributed by atoms with van der Waals surface area (Å²) in [5.41, 5.74) is 0.603. The average molecular weight is 278 g/mol. The molecule has 19 heavy (non-hydrogen) atoms. The molecule has 1 fully saturated rings. The number of hydrogen-bond donors (Lipinski definition) is 0. The van der Waals surface area contributed by atoms with Crippen molar-refractivity contribution in [3.63, 3.8) is 0 Å². The number of nitrogens with zero attached hydrogens (tertiary/aromatic N) is 1. The van der Waals surface area contributed by atoms with Gasteiger partial charge in [0.1, 0.15) is 11.1 Å². The molecule has 2 aromatic rings. The van der Waals surface area contributed by atoms with Gasteiger partial charge in [-0.15, -0.1) is 0 Å². The summed E-state index contributed by atoms with van der Waals surface area (Å²) in [5.74, 6) is 0. The lowest BCUT2D eigenvalue weighted by Crippen LogP contribution is -2.23. The highest BCUT2D eigenvalue weighted by Crippen LogP contribution is 2.32. The van der Waals surface area contributed by atoms with Crippen molar-refractivity contribution in [1.82, 2.24) is 0 Å². The number of hydrogen-bond acceptors (Lipinski definition) is 4. The number of halogens is 1. The Morgan fingerprint density at radius 3 is 2.68 bits per heavy atom. The van der Waals surface area contributed by atoms with Crippen LogP contribution in [0.15, 0.2) is 27.4 Å². The van der Waals surface area contributed by atoms with Crippen LogP contribution in [0.4, 0.5) is 5.69 Å². The molecule has 5 heteroatoms. The molecule has 1 aromatic carbocycles. The zero-order chi connectivity index (χ0) is 13.4. The highest BCUT2D eigenvalue weighted by Gasteiger charge is 2.22. The predicted octanol–water partition coefficient (Wildman–Crippen LogP) is 2.86. The van der Waals surface area contributed by atoms with Gasteiger partial charge in [0, 0.05) is 23.5 Å². The van der Waals surface area contributed by atoms with Crippen LogP contribution in [0, 0.1) is 0 Å². The first kappa shape index (κ1) is 12.2. The fourth-order valence-electron chi connectivity index (χ4n) is 2.56. The van der Waals surface area contributed by atoms with Crippen LogP contribution >= 0.6 is 11.6 Å². The molecule has 98 valence electrons. The average Bonchev–Trinajstić information content (AvgIpc) is 2.91. The number of anilines is 1. The Labute approximate surface area is 114 Å². The van der Waals surface area contributed by atoms with E-state index in [1.807, 2.05) is 0 Å². The van der Waals surface area contributed by atoms with E-state index in [2.05, 4.69) is 4.90 Å². The molecule has 1 aliphatic rings. The molecule has 4 nitrogen and oxygen atoms in total. The molecule has 0 aliphatic carbocycles. The van der Waals surface area contributed by atoms with Crippen molar-refractivity contribution >= 4 is 34.5 Å². The monoisotopic (exact) mass is 277 g/mol. The fourth-order valence-corrected chi connectivity index (χ4v) is 2.73. The lowest BCUT2D eigenvalue weighted by molar-refractivity contribution is 0.112. The van der Waals surface area contributed by atoms with Gasteiger partial charge in [-0.2, -0.15) is 0 Å². The molecule has 2 heterocycles. The maximum atomic E-state index is 11.9. The van der Waals surface area contributed by atoms with E-state index in [1.165, 1.54) is 0 Å². The minimum Gasteiger partial charge on any atom is -0.422 e. The first-order valence-corrected chi connectivity index (χ1v) is 6.55. The maximum absolute atomic E-state index is 11.9. The smallest absolute Gasteiger partial charge is 0.349 e. The van der Waals surface area contributed by atoms with Crippen LogP contribution in [-0.4, -0.2) is 19.4 Å². The van der Waals surface area contributed by atoms with E-state index < -0.39 is 5.63 Å². The van der Waals surface area contributed by atoms with E-state index in [0.29, 0.717) is 22.6 Å². The summed E-state index contributed by atoms with van der Waals surface area (Å²) in [6, 6.07) is 5.06. The Kier molecular flexibility index (Phi) is 3.03. The van der Waals surface area contributed by atoms with E-state index in [0.717, 1.165) is 31.3 Å². The van der Waals surface area contributed by atoms with Gasteiger partial charge in [-0.25, -0.2) is 4.79 Å². The zero-order valence-corrected chi connectivity index (χ0v) is 10.9. The summed E-state index contributed by atoms with van der Waals surface area (Å²) in [5, 5.41) is 1.27. The van der Waals surface area contributed by atoms with Gasteiger partial charge in [-0.3, -0.25) is 4.79 Å². The third-order valence-electron chi connectivity index (χ3n) is 3.41. The van der Waals surface area contributed by atoms with E-state index in [9.17, 15) is 9.59 Å². The molecule has 0 saturated carbocycles. The Bertz CT molecular complexity index is 702. The minimum atomic E-state index is -0.591. The summed E-state index contributed by atoms with van der Waals surface area (Å²) in [4.78, 5) is 25.1. The Morgan fingerprint density at radius 1 is 1.26 bits per heavy atom. The molecule has 0 bridgehead atoms. The Hall–Kier alpha value is -1.81. The van der Waals surface area contributed by atoms with Gasteiger partial charge in [-0.05, 0) is 31.0 Å². The summed E-state index contributed by atoms with van der Waals surface area (Å²) in [6.45, 7) is 1.68. The van der Waals surface area contributed by atoms with E-state index in [1.54, 1.807) is 18.2 Å². The van der Waals surface area contributed by atoms with Gasteiger partial charge in [0.15, 0.2) is 6.29 Å². The number of benzene rings is 1. The molecule has 1 saturated heterocycles. The normalized spacial score (nSPS) is 15.1. The van der Waals surface area contributed by atoms with Crippen LogP contribution < -0.4 is 10.5 Å². The van der Waals surface area contributed by atoms with Gasteiger partial charge >= 0.3 is 5.63 Å². The van der Waals surface area contributed by atoms with Crippen LogP contribution in [0.3, 0.4) is 0 Å². The first-order chi connectivity index (χ1) is 9.20. The first-order valence-electron chi connectivity index (χ1n) is 6.17. The highest BCUT2D eigenvalue weighted by atomic mass is 35.5. The zero-order valence-electron chi connectivity index (χ0n) is 10.2. The molecule has 0 atom stereocenters. The van der Waals surface area contributed by atoms with Crippen LogP contribution in [-0.2, 0) is 0 Å². The highest BCUT2D eigenvalue weighted by molar-refractivity contribution is 6.31. The summed E-state index contributed by atoms with van der Waals surface area (Å²) in [6.07, 6.45) is 2.68. The molecule has 3 rings (SSSR count). The number of fused-ring (bicyclic) bond motifs is 1. The number of carbonyl (C=O) groups excluding carboxylic acids is 1. The third kappa shape index (κ3) is 2.02. The van der Waals surface area contributed by atoms with Gasteiger partial charge < -0.3 is 9.32 Å². The van der Waals surface area contributed by atoms with Crippen molar-refractivity contribution < 1.29 is 9.21 Å². The largest absolute Gasteiger partial charge is 0.422 e. The van der Waals surface area contributed by atoms with E-state index >= 15 is 0 Å². The molecule has 0 spiro atoms. The second kappa shape index (κ2) is 4.70. The predicted molar refractivity (Wildman–Crippen MR) is 74.3 cm³/mol. The van der Waals surface area contributed by atoms with Crippen molar-refractivity contribution in [2.24, 2.45) is 0 Å². The number of rotatable bonds is 2. The van der Waals surface area contributed by atoms with Crippen LogP contribution in [0.2, 0.25) is 5.02 Å². The molecule has 1 aromatic heterocycles. The Morgan fingerprint density at radius 2 is 2.00 bits per heavy atom. The van der Waals surface area contributed by atoms with Crippen molar-refractivity contribution in [2.45, 2.75) is 12.8 Å². The van der Waals surface area contributed by atoms with Gasteiger partial charge in [-0.1, -0.05) is 11.6 Å². The number of aldehydes is 1. The second-order valence-electron chi connectivity index (χ2n) is 4.60. The van der Waals surface area contributed by atoms with Crippen molar-refractivity contribution in [3.8, 4) is 0 Å². The molecular weight excluding hydrogens is 266 g/mol. The van der Waals surface area contributed by atoms with Crippen molar-refractivity contribution in [2.75, 3.05) is 18.0 Å². The molecule has 0 unspecified atom stereocenters. The maximum Gasteiger partial charge on any atom is 0.349 e. The van der Waals surface area contributed by atoms with Crippen molar-refractivity contribution in [1.29, 1.82) is 0 Å². The quantitative estimate of drug-likeness (QED) is 0.626. The molecular formula is C14H12ClNO3. The lowest BCUT2D eigenvalue weighted by Gasteiger charge is -2.20. The van der Waals surface area contributed by atoms with E-state index in [4.69, 9.17) is 16.0 Å². The van der Waals surface area contributed by atoms with Crippen LogP contribution in [0.5, 0.6) is 0 Å². The topological polar surface area (TPSA) is 50.5 Å². The minimum absolute atomic E-state index is 0.0802. The third-order valence-corrected chi connectivity index (χ3v) is 3.65. The molecule has 1 aliphatic heterocycles. The SMILES string of the molecule is O=Cc1c(N2CCCC2)c2cc(Cl)ccc2oc1=O.